The third kappa shape index (κ3) is 5.78. The first-order chi connectivity index (χ1) is 16.7. The van der Waals surface area contributed by atoms with Gasteiger partial charge in [-0.2, -0.15) is 0 Å². The monoisotopic (exact) mass is 484 g/mol. The van der Waals surface area contributed by atoms with Crippen LogP contribution < -0.4 is 5.32 Å². The van der Waals surface area contributed by atoms with E-state index in [1.54, 1.807) is 6.07 Å². The molecule has 0 spiro atoms. The van der Waals surface area contributed by atoms with E-state index in [2.05, 4.69) is 22.2 Å². The maximum atomic E-state index is 12.9. The van der Waals surface area contributed by atoms with Crippen LogP contribution >= 0.6 is 0 Å². The number of carbonyl (C=O) groups is 1. The minimum atomic E-state index is -0.471. The summed E-state index contributed by atoms with van der Waals surface area (Å²) in [7, 11) is 2.15. The van der Waals surface area contributed by atoms with E-state index >= 15 is 0 Å². The van der Waals surface area contributed by atoms with Gasteiger partial charge in [0.1, 0.15) is 17.3 Å². The number of piperazine rings is 1. The van der Waals surface area contributed by atoms with Gasteiger partial charge in [-0.25, -0.2) is 0 Å². The van der Waals surface area contributed by atoms with Gasteiger partial charge in [0.25, 0.3) is 5.91 Å². The smallest absolute Gasteiger partial charge is 0.286 e. The molecule has 2 aliphatic carbocycles. The first-order valence-electron chi connectivity index (χ1n) is 12.9. The highest BCUT2D eigenvalue weighted by Crippen LogP contribution is 2.35. The first kappa shape index (κ1) is 25.4. The highest BCUT2D eigenvalue weighted by atomic mass is 16.3. The Morgan fingerprint density at radius 3 is 2.20 bits per heavy atom. The van der Waals surface area contributed by atoms with Gasteiger partial charge in [-0.1, -0.05) is 13.8 Å². The van der Waals surface area contributed by atoms with Crippen molar-refractivity contribution in [2.24, 2.45) is 0 Å². The van der Waals surface area contributed by atoms with Crippen LogP contribution in [0.3, 0.4) is 0 Å². The third-order valence-corrected chi connectivity index (χ3v) is 7.72. The van der Waals surface area contributed by atoms with Crippen molar-refractivity contribution in [2.75, 3.05) is 33.2 Å². The molecule has 192 valence electrons. The fourth-order valence-corrected chi connectivity index (χ4v) is 5.31. The zero-order chi connectivity index (χ0) is 25.3. The number of carbonyl (C=O) groups excluding carboxylic acids is 1. The molecule has 2 saturated carbocycles. The molecular formula is C26H40N6O3. The fraction of sp³-hybridized carbons (Fsp3) is 0.654. The molecule has 1 amide bonds. The molecule has 1 heterocycles. The topological polar surface area (TPSA) is 127 Å². The number of likely N-dealkylation sites (N-methyl/N-ethyl adjacent to an activating group) is 1. The lowest BCUT2D eigenvalue weighted by Gasteiger charge is -2.43. The molecule has 0 atom stereocenters. The fourth-order valence-electron chi connectivity index (χ4n) is 5.31. The Hall–Kier alpha value is -2.65. The Morgan fingerprint density at radius 1 is 1.00 bits per heavy atom. The summed E-state index contributed by atoms with van der Waals surface area (Å²) in [5, 5.41) is 41.5. The number of aromatic hydroxyl groups is 2. The van der Waals surface area contributed by atoms with Crippen LogP contribution in [0.2, 0.25) is 0 Å². The molecule has 1 saturated heterocycles. The molecule has 1 aliphatic heterocycles. The van der Waals surface area contributed by atoms with Crippen molar-refractivity contribution in [3.8, 4) is 11.5 Å². The number of amidine groups is 2. The Morgan fingerprint density at radius 2 is 1.63 bits per heavy atom. The summed E-state index contributed by atoms with van der Waals surface area (Å²) in [5.41, 5.74) is 0.854. The van der Waals surface area contributed by atoms with Crippen LogP contribution in [-0.4, -0.2) is 93.8 Å². The number of hydrogen-bond donors (Lipinski definition) is 5. The molecule has 5 N–H and O–H groups in total. The van der Waals surface area contributed by atoms with Crippen molar-refractivity contribution in [3.63, 3.8) is 0 Å². The summed E-state index contributed by atoms with van der Waals surface area (Å²) in [5.74, 6) is -1.03. The maximum Gasteiger partial charge on any atom is 0.286 e. The average molecular weight is 485 g/mol. The Kier molecular flexibility index (Phi) is 7.66. The minimum absolute atomic E-state index is 0.00718. The van der Waals surface area contributed by atoms with Crippen LogP contribution in [-0.2, 0) is 4.79 Å². The second kappa shape index (κ2) is 10.5. The highest BCUT2D eigenvalue weighted by Gasteiger charge is 2.37. The molecule has 1 aromatic rings. The SMILES string of the molecule is CC(C)c1cc(C(=N)N(C(=N)C(=O)NC2CC2)C2CCC(N3CCN(C)CC3)CC2)c(O)cc1O. The first-order valence-corrected chi connectivity index (χ1v) is 12.9. The van der Waals surface area contributed by atoms with Crippen LogP contribution in [0.1, 0.15) is 69.4 Å². The minimum Gasteiger partial charge on any atom is -0.508 e. The quantitative estimate of drug-likeness (QED) is 0.323. The summed E-state index contributed by atoms with van der Waals surface area (Å²) >= 11 is 0. The molecule has 4 rings (SSSR count). The van der Waals surface area contributed by atoms with Crippen molar-refractivity contribution in [1.82, 2.24) is 20.0 Å². The van der Waals surface area contributed by atoms with E-state index in [0.717, 1.165) is 64.7 Å². The number of rotatable bonds is 5. The predicted octanol–water partition coefficient (Wildman–Crippen LogP) is 2.66. The Balaban J connectivity index is 1.55. The number of phenolic OH excluding ortho intramolecular Hbond substituents is 2. The normalized spacial score (nSPS) is 23.8. The summed E-state index contributed by atoms with van der Waals surface area (Å²) in [6, 6.07) is 3.31. The summed E-state index contributed by atoms with van der Waals surface area (Å²) in [4.78, 5) is 19.3. The molecule has 1 aromatic carbocycles. The molecule has 3 fully saturated rings. The highest BCUT2D eigenvalue weighted by molar-refractivity contribution is 6.40. The van der Waals surface area contributed by atoms with Gasteiger partial charge in [0.15, 0.2) is 5.84 Å². The van der Waals surface area contributed by atoms with Crippen LogP contribution in [0.25, 0.3) is 0 Å². The molecule has 9 heteroatoms. The standard InChI is InChI=1S/C26H40N6O3/c1-16(2)20-14-21(23(34)15-22(20)33)24(27)32(25(28)26(35)29-17-4-5-17)19-8-6-18(7-9-19)31-12-10-30(3)11-13-31/h14-19,27-28,33-34H,4-13H2,1-3H3,(H,29,35). The molecule has 3 aliphatic rings. The number of amides is 1. The third-order valence-electron chi connectivity index (χ3n) is 7.72. The number of hydrogen-bond acceptors (Lipinski definition) is 7. The van der Waals surface area contributed by atoms with Gasteiger partial charge >= 0.3 is 0 Å². The van der Waals surface area contributed by atoms with Gasteiger partial charge in [0, 0.05) is 50.4 Å². The molecule has 9 nitrogen and oxygen atoms in total. The van der Waals surface area contributed by atoms with Crippen LogP contribution in [0, 0.1) is 10.8 Å². The second-order valence-corrected chi connectivity index (χ2v) is 10.7. The van der Waals surface area contributed by atoms with Crippen molar-refractivity contribution in [2.45, 2.75) is 76.4 Å². The van der Waals surface area contributed by atoms with E-state index in [9.17, 15) is 15.0 Å². The van der Waals surface area contributed by atoms with Gasteiger partial charge in [0.05, 0.1) is 5.56 Å². The van der Waals surface area contributed by atoms with Crippen molar-refractivity contribution in [1.29, 1.82) is 10.8 Å². The molecule has 0 aromatic heterocycles. The van der Waals surface area contributed by atoms with Gasteiger partial charge in [-0.3, -0.25) is 20.5 Å². The molecule has 0 radical (unpaired) electrons. The van der Waals surface area contributed by atoms with E-state index < -0.39 is 5.91 Å². The predicted molar refractivity (Wildman–Crippen MR) is 137 cm³/mol. The van der Waals surface area contributed by atoms with E-state index in [4.69, 9.17) is 10.8 Å². The number of benzene rings is 1. The van der Waals surface area contributed by atoms with Crippen molar-refractivity contribution >= 4 is 17.6 Å². The zero-order valence-corrected chi connectivity index (χ0v) is 21.2. The van der Waals surface area contributed by atoms with Crippen molar-refractivity contribution < 1.29 is 15.0 Å². The average Bonchev–Trinajstić information content (AvgIpc) is 3.64. The largest absolute Gasteiger partial charge is 0.508 e. The maximum absolute atomic E-state index is 12.9. The van der Waals surface area contributed by atoms with Crippen molar-refractivity contribution in [3.05, 3.63) is 23.3 Å². The van der Waals surface area contributed by atoms with Gasteiger partial charge in [-0.05, 0) is 63.1 Å². The van der Waals surface area contributed by atoms with Crippen LogP contribution in [0.4, 0.5) is 0 Å². The van der Waals surface area contributed by atoms with Gasteiger partial charge in [-0.15, -0.1) is 0 Å². The van der Waals surface area contributed by atoms with Gasteiger partial charge in [0.2, 0.25) is 0 Å². The summed E-state index contributed by atoms with van der Waals surface area (Å²) < 4.78 is 0. The molecular weight excluding hydrogens is 444 g/mol. The van der Waals surface area contributed by atoms with Crippen LogP contribution in [0.5, 0.6) is 11.5 Å². The number of phenols is 2. The van der Waals surface area contributed by atoms with E-state index in [1.165, 1.54) is 11.0 Å². The number of nitrogens with one attached hydrogen (secondary N) is 3. The lowest BCUT2D eigenvalue weighted by Crippen LogP contribution is -2.54. The zero-order valence-electron chi connectivity index (χ0n) is 21.2. The van der Waals surface area contributed by atoms with E-state index in [0.29, 0.717) is 11.6 Å². The lowest BCUT2D eigenvalue weighted by molar-refractivity contribution is -0.115. The summed E-state index contributed by atoms with van der Waals surface area (Å²) in [6.07, 6.45) is 5.29. The Labute approximate surface area is 208 Å². The molecule has 0 bridgehead atoms. The van der Waals surface area contributed by atoms with Crippen LogP contribution in [0.15, 0.2) is 12.1 Å². The molecule has 35 heavy (non-hydrogen) atoms. The molecule has 0 unspecified atom stereocenters. The Bertz CT molecular complexity index is 960. The lowest BCUT2D eigenvalue weighted by atomic mass is 9.88. The van der Waals surface area contributed by atoms with Gasteiger partial charge < -0.3 is 25.3 Å². The van der Waals surface area contributed by atoms with E-state index in [-0.39, 0.29) is 46.7 Å². The number of nitrogens with zero attached hydrogens (tertiary/aromatic N) is 3. The second-order valence-electron chi connectivity index (χ2n) is 10.7. The summed E-state index contributed by atoms with van der Waals surface area (Å²) in [6.45, 7) is 8.13. The van der Waals surface area contributed by atoms with E-state index in [1.807, 2.05) is 13.8 Å².